The van der Waals surface area contributed by atoms with Crippen molar-refractivity contribution in [1.29, 1.82) is 5.26 Å². The summed E-state index contributed by atoms with van der Waals surface area (Å²) in [5.74, 6) is 1.63. The van der Waals surface area contributed by atoms with Gasteiger partial charge in [-0.25, -0.2) is 0 Å². The molecule has 0 saturated heterocycles. The smallest absolute Gasteiger partial charge is 0.125 e. The lowest BCUT2D eigenvalue weighted by molar-refractivity contribution is 0.293. The van der Waals surface area contributed by atoms with Crippen molar-refractivity contribution >= 4 is 0 Å². The molecule has 0 unspecified atom stereocenters. The SMILES string of the molecule is COc1ccc(C#N)cc1COc1c(C)cc(C)cc1C. The third-order valence-corrected chi connectivity index (χ3v) is 3.39. The van der Waals surface area contributed by atoms with Gasteiger partial charge in [-0.1, -0.05) is 17.7 Å². The second kappa shape index (κ2) is 6.32. The minimum Gasteiger partial charge on any atom is -0.496 e. The summed E-state index contributed by atoms with van der Waals surface area (Å²) in [5, 5.41) is 9.00. The number of ether oxygens (including phenoxy) is 2. The van der Waals surface area contributed by atoms with Crippen molar-refractivity contribution in [3.63, 3.8) is 0 Å². The first-order valence-corrected chi connectivity index (χ1v) is 6.83. The predicted molar refractivity (Wildman–Crippen MR) is 82.7 cm³/mol. The Balaban J connectivity index is 2.26. The summed E-state index contributed by atoms with van der Waals surface area (Å²) in [7, 11) is 1.62. The molecule has 0 aliphatic carbocycles. The van der Waals surface area contributed by atoms with Gasteiger partial charge in [0.2, 0.25) is 0 Å². The first-order chi connectivity index (χ1) is 10.0. The third-order valence-electron chi connectivity index (χ3n) is 3.39. The number of nitriles is 1. The topological polar surface area (TPSA) is 42.2 Å². The van der Waals surface area contributed by atoms with Crippen LogP contribution < -0.4 is 9.47 Å². The van der Waals surface area contributed by atoms with E-state index in [1.54, 1.807) is 25.3 Å². The van der Waals surface area contributed by atoms with Gasteiger partial charge in [0.15, 0.2) is 0 Å². The van der Waals surface area contributed by atoms with Gasteiger partial charge in [-0.3, -0.25) is 0 Å². The van der Waals surface area contributed by atoms with Crippen LogP contribution in [-0.2, 0) is 6.61 Å². The van der Waals surface area contributed by atoms with Gasteiger partial charge in [-0.05, 0) is 50.1 Å². The summed E-state index contributed by atoms with van der Waals surface area (Å²) < 4.78 is 11.3. The highest BCUT2D eigenvalue weighted by Crippen LogP contribution is 2.27. The number of methoxy groups -OCH3 is 1. The molecule has 0 N–H and O–H groups in total. The molecule has 2 aromatic rings. The Morgan fingerprint density at radius 1 is 1.05 bits per heavy atom. The van der Waals surface area contributed by atoms with Crippen molar-refractivity contribution in [1.82, 2.24) is 0 Å². The molecule has 0 saturated carbocycles. The molecular formula is C18H19NO2. The molecule has 0 radical (unpaired) electrons. The van der Waals surface area contributed by atoms with E-state index in [2.05, 4.69) is 25.1 Å². The molecule has 0 bridgehead atoms. The lowest BCUT2D eigenvalue weighted by Gasteiger charge is -2.15. The second-order valence-electron chi connectivity index (χ2n) is 5.15. The largest absolute Gasteiger partial charge is 0.496 e. The number of aryl methyl sites for hydroxylation is 3. The first kappa shape index (κ1) is 14.9. The Hall–Kier alpha value is -2.47. The maximum Gasteiger partial charge on any atom is 0.125 e. The maximum atomic E-state index is 9.00. The van der Waals surface area contributed by atoms with Crippen molar-refractivity contribution < 1.29 is 9.47 Å². The summed E-state index contributed by atoms with van der Waals surface area (Å²) in [6, 6.07) is 11.7. The first-order valence-electron chi connectivity index (χ1n) is 6.83. The van der Waals surface area contributed by atoms with Gasteiger partial charge in [0.1, 0.15) is 18.1 Å². The number of nitrogens with zero attached hydrogens (tertiary/aromatic N) is 1. The van der Waals surface area contributed by atoms with Crippen molar-refractivity contribution in [2.45, 2.75) is 27.4 Å². The van der Waals surface area contributed by atoms with Gasteiger partial charge in [0, 0.05) is 5.56 Å². The van der Waals surface area contributed by atoms with Crippen LogP contribution >= 0.6 is 0 Å². The Bertz CT molecular complexity index is 676. The van der Waals surface area contributed by atoms with E-state index in [-0.39, 0.29) is 0 Å². The molecule has 0 fully saturated rings. The molecule has 0 aromatic heterocycles. The van der Waals surface area contributed by atoms with Crippen LogP contribution in [0.3, 0.4) is 0 Å². The van der Waals surface area contributed by atoms with Crippen LogP contribution in [0.1, 0.15) is 27.8 Å². The summed E-state index contributed by atoms with van der Waals surface area (Å²) in [5.41, 5.74) is 4.93. The van der Waals surface area contributed by atoms with Gasteiger partial charge >= 0.3 is 0 Å². The highest BCUT2D eigenvalue weighted by Gasteiger charge is 2.09. The molecule has 0 atom stereocenters. The summed E-state index contributed by atoms with van der Waals surface area (Å²) in [6.07, 6.45) is 0. The van der Waals surface area contributed by atoms with E-state index >= 15 is 0 Å². The van der Waals surface area contributed by atoms with Crippen LogP contribution in [0.25, 0.3) is 0 Å². The molecule has 0 aliphatic heterocycles. The van der Waals surface area contributed by atoms with Crippen LogP contribution in [0.4, 0.5) is 0 Å². The van der Waals surface area contributed by atoms with E-state index in [9.17, 15) is 0 Å². The highest BCUT2D eigenvalue weighted by atomic mass is 16.5. The fourth-order valence-electron chi connectivity index (χ4n) is 2.51. The zero-order chi connectivity index (χ0) is 15.4. The van der Waals surface area contributed by atoms with Crippen LogP contribution in [0.2, 0.25) is 0 Å². The Labute approximate surface area is 125 Å². The van der Waals surface area contributed by atoms with E-state index in [1.807, 2.05) is 13.8 Å². The molecule has 0 spiro atoms. The normalized spacial score (nSPS) is 10.0. The summed E-state index contributed by atoms with van der Waals surface area (Å²) in [4.78, 5) is 0. The molecule has 2 rings (SSSR count). The molecule has 3 nitrogen and oxygen atoms in total. The van der Waals surface area contributed by atoms with Crippen LogP contribution in [0.5, 0.6) is 11.5 Å². The van der Waals surface area contributed by atoms with E-state index in [1.165, 1.54) is 5.56 Å². The van der Waals surface area contributed by atoms with Gasteiger partial charge in [-0.15, -0.1) is 0 Å². The molecular weight excluding hydrogens is 262 g/mol. The minimum atomic E-state index is 0.378. The monoisotopic (exact) mass is 281 g/mol. The predicted octanol–water partition coefficient (Wildman–Crippen LogP) is 4.07. The fourth-order valence-corrected chi connectivity index (χ4v) is 2.51. The van der Waals surface area contributed by atoms with Crippen LogP contribution in [0, 0.1) is 32.1 Å². The molecule has 3 heteroatoms. The zero-order valence-electron chi connectivity index (χ0n) is 12.9. The van der Waals surface area contributed by atoms with Crippen molar-refractivity contribution in [2.75, 3.05) is 7.11 Å². The number of hydrogen-bond donors (Lipinski definition) is 0. The number of benzene rings is 2. The zero-order valence-corrected chi connectivity index (χ0v) is 12.9. The molecule has 0 heterocycles. The lowest BCUT2D eigenvalue weighted by atomic mass is 10.1. The number of rotatable bonds is 4. The fraction of sp³-hybridized carbons (Fsp3) is 0.278. The summed E-state index contributed by atoms with van der Waals surface area (Å²) in [6.45, 7) is 6.53. The Morgan fingerprint density at radius 3 is 2.29 bits per heavy atom. The average molecular weight is 281 g/mol. The van der Waals surface area contributed by atoms with Crippen molar-refractivity contribution in [3.8, 4) is 17.6 Å². The Morgan fingerprint density at radius 2 is 1.71 bits per heavy atom. The summed E-state index contributed by atoms with van der Waals surface area (Å²) >= 11 is 0. The van der Waals surface area contributed by atoms with Gasteiger partial charge < -0.3 is 9.47 Å². The standard InChI is InChI=1S/C18H19NO2/c1-12-7-13(2)18(14(3)8-12)21-11-16-9-15(10-19)5-6-17(16)20-4/h5-9H,11H2,1-4H3. The van der Waals surface area contributed by atoms with Gasteiger partial charge in [0.05, 0.1) is 18.7 Å². The highest BCUT2D eigenvalue weighted by molar-refractivity contribution is 5.45. The molecule has 2 aromatic carbocycles. The van der Waals surface area contributed by atoms with Crippen LogP contribution in [-0.4, -0.2) is 7.11 Å². The molecule has 0 amide bonds. The van der Waals surface area contributed by atoms with Gasteiger partial charge in [0.25, 0.3) is 0 Å². The average Bonchev–Trinajstić information content (AvgIpc) is 2.45. The van der Waals surface area contributed by atoms with E-state index in [4.69, 9.17) is 14.7 Å². The Kier molecular flexibility index (Phi) is 4.49. The van der Waals surface area contributed by atoms with E-state index < -0.39 is 0 Å². The van der Waals surface area contributed by atoms with E-state index in [0.29, 0.717) is 12.2 Å². The molecule has 108 valence electrons. The van der Waals surface area contributed by atoms with Gasteiger partial charge in [-0.2, -0.15) is 5.26 Å². The molecule has 21 heavy (non-hydrogen) atoms. The third kappa shape index (κ3) is 3.35. The molecule has 0 aliphatic rings. The van der Waals surface area contributed by atoms with Crippen LogP contribution in [0.15, 0.2) is 30.3 Å². The minimum absolute atomic E-state index is 0.378. The van der Waals surface area contributed by atoms with E-state index in [0.717, 1.165) is 28.2 Å². The maximum absolute atomic E-state index is 9.00. The quantitative estimate of drug-likeness (QED) is 0.848. The number of hydrogen-bond acceptors (Lipinski definition) is 3. The second-order valence-corrected chi connectivity index (χ2v) is 5.15. The van der Waals surface area contributed by atoms with Crippen molar-refractivity contribution in [3.05, 3.63) is 58.1 Å². The lowest BCUT2D eigenvalue weighted by Crippen LogP contribution is -2.02. The van der Waals surface area contributed by atoms with Crippen molar-refractivity contribution in [2.24, 2.45) is 0 Å².